The number of primary amides is 1. The number of benzene rings is 1. The minimum atomic E-state index is -1.02. The summed E-state index contributed by atoms with van der Waals surface area (Å²) in [5, 5.41) is 12.2. The van der Waals surface area contributed by atoms with E-state index in [2.05, 4.69) is 21.2 Å². The van der Waals surface area contributed by atoms with E-state index >= 15 is 0 Å². The van der Waals surface area contributed by atoms with Gasteiger partial charge in [0.25, 0.3) is 0 Å². The van der Waals surface area contributed by atoms with E-state index in [1.165, 1.54) is 0 Å². The van der Waals surface area contributed by atoms with Crippen LogP contribution in [0.3, 0.4) is 0 Å². The summed E-state index contributed by atoms with van der Waals surface area (Å²) in [5.74, 6) is -2.02. The normalized spacial score (nSPS) is 12.5. The monoisotopic (exact) mass is 428 g/mol. The molecule has 0 spiro atoms. The van der Waals surface area contributed by atoms with Gasteiger partial charge >= 0.3 is 11.9 Å². The van der Waals surface area contributed by atoms with E-state index in [0.717, 1.165) is 4.47 Å². The molecule has 8 heteroatoms. The van der Waals surface area contributed by atoms with Crippen LogP contribution >= 0.6 is 15.9 Å². The number of nitrogens with two attached hydrogens (primary N) is 1. The number of hydrogen-bond donors (Lipinski definition) is 3. The van der Waals surface area contributed by atoms with Crippen molar-refractivity contribution in [3.8, 4) is 0 Å². The van der Waals surface area contributed by atoms with Crippen LogP contribution in [0, 0.1) is 6.92 Å². The minimum Gasteiger partial charge on any atom is -0.478 e. The van der Waals surface area contributed by atoms with Gasteiger partial charge in [0.05, 0.1) is 11.6 Å². The summed E-state index contributed by atoms with van der Waals surface area (Å²) in [4.78, 5) is 34.7. The van der Waals surface area contributed by atoms with Crippen LogP contribution in [0.4, 0.5) is 0 Å². The van der Waals surface area contributed by atoms with Gasteiger partial charge in [-0.1, -0.05) is 15.9 Å². The van der Waals surface area contributed by atoms with E-state index in [9.17, 15) is 19.5 Å². The maximum absolute atomic E-state index is 11.8. The molecule has 1 amide bonds. The Balaban J connectivity index is 2.75. The zero-order valence-corrected chi connectivity index (χ0v) is 17.0. The van der Waals surface area contributed by atoms with Crippen molar-refractivity contribution >= 4 is 33.8 Å². The van der Waals surface area contributed by atoms with Crippen LogP contribution in [-0.2, 0) is 20.9 Å². The number of amides is 1. The first-order valence-corrected chi connectivity index (χ1v) is 8.97. The fraction of sp³-hybridized carbons (Fsp3) is 0.500. The Morgan fingerprint density at radius 2 is 1.92 bits per heavy atom. The quantitative estimate of drug-likeness (QED) is 0.547. The van der Waals surface area contributed by atoms with E-state index in [4.69, 9.17) is 10.5 Å². The molecule has 7 nitrogen and oxygen atoms in total. The smallest absolute Gasteiger partial charge is 0.335 e. The molecule has 1 rings (SSSR count). The highest BCUT2D eigenvalue weighted by molar-refractivity contribution is 9.10. The van der Waals surface area contributed by atoms with Crippen molar-refractivity contribution in [3.63, 3.8) is 0 Å². The van der Waals surface area contributed by atoms with Crippen molar-refractivity contribution in [2.75, 3.05) is 0 Å². The molecule has 0 heterocycles. The SMILES string of the molecule is Cc1cc(Br)c(CNC(CCC(=O)OC(C)(C)C)C(N)=O)cc1C(=O)O. The number of nitrogens with one attached hydrogen (secondary N) is 1. The Morgan fingerprint density at radius 1 is 1.31 bits per heavy atom. The molecule has 1 aromatic rings. The molecule has 0 aromatic heterocycles. The molecule has 1 aromatic carbocycles. The number of rotatable bonds is 8. The molecule has 0 aliphatic rings. The first kappa shape index (κ1) is 22.1. The highest BCUT2D eigenvalue weighted by Crippen LogP contribution is 2.22. The number of halogens is 1. The molecule has 4 N–H and O–H groups in total. The molecule has 26 heavy (non-hydrogen) atoms. The molecule has 0 fully saturated rings. The van der Waals surface area contributed by atoms with Gasteiger partial charge in [-0.05, 0) is 57.4 Å². The van der Waals surface area contributed by atoms with Crippen LogP contribution in [-0.4, -0.2) is 34.6 Å². The third-order valence-corrected chi connectivity index (χ3v) is 4.30. The van der Waals surface area contributed by atoms with Crippen LogP contribution in [0.1, 0.15) is 55.1 Å². The molecular formula is C18H25BrN2O5. The van der Waals surface area contributed by atoms with Crippen LogP contribution in [0.15, 0.2) is 16.6 Å². The van der Waals surface area contributed by atoms with Crippen molar-refractivity contribution in [2.24, 2.45) is 5.73 Å². The van der Waals surface area contributed by atoms with Crippen molar-refractivity contribution < 1.29 is 24.2 Å². The summed E-state index contributed by atoms with van der Waals surface area (Å²) in [6, 6.07) is 2.52. The first-order valence-electron chi connectivity index (χ1n) is 8.17. The average molecular weight is 429 g/mol. The second-order valence-corrected chi connectivity index (χ2v) is 7.88. The molecule has 144 valence electrons. The van der Waals surface area contributed by atoms with E-state index in [-0.39, 0.29) is 24.9 Å². The van der Waals surface area contributed by atoms with E-state index in [1.807, 2.05) is 0 Å². The fourth-order valence-electron chi connectivity index (χ4n) is 2.32. The number of aromatic carboxylic acids is 1. The number of carboxylic acids is 1. The molecule has 0 saturated carbocycles. The number of hydrogen-bond acceptors (Lipinski definition) is 5. The number of ether oxygens (including phenoxy) is 1. The number of carbonyl (C=O) groups is 3. The highest BCUT2D eigenvalue weighted by Gasteiger charge is 2.21. The molecule has 0 aliphatic carbocycles. The Morgan fingerprint density at radius 3 is 2.42 bits per heavy atom. The van der Waals surface area contributed by atoms with Crippen LogP contribution in [0.25, 0.3) is 0 Å². The van der Waals surface area contributed by atoms with Crippen LogP contribution in [0.2, 0.25) is 0 Å². The highest BCUT2D eigenvalue weighted by atomic mass is 79.9. The minimum absolute atomic E-state index is 0.0489. The number of aryl methyl sites for hydroxylation is 1. The van der Waals surface area contributed by atoms with Gasteiger partial charge in [0.2, 0.25) is 5.91 Å². The third-order valence-electron chi connectivity index (χ3n) is 3.56. The van der Waals surface area contributed by atoms with Gasteiger partial charge in [-0.3, -0.25) is 9.59 Å². The number of carboxylic acid groups (broad SMARTS) is 1. The molecule has 1 atom stereocenters. The zero-order valence-electron chi connectivity index (χ0n) is 15.4. The maximum atomic E-state index is 11.8. The topological polar surface area (TPSA) is 119 Å². The Kier molecular flexibility index (Phi) is 7.77. The van der Waals surface area contributed by atoms with Gasteiger partial charge in [0.1, 0.15) is 5.60 Å². The predicted molar refractivity (Wildman–Crippen MR) is 101 cm³/mol. The summed E-state index contributed by atoms with van der Waals surface area (Å²) in [7, 11) is 0. The van der Waals surface area contributed by atoms with Gasteiger partial charge in [-0.15, -0.1) is 0 Å². The predicted octanol–water partition coefficient (Wildman–Crippen LogP) is 2.52. The van der Waals surface area contributed by atoms with Crippen molar-refractivity contribution in [1.29, 1.82) is 0 Å². The van der Waals surface area contributed by atoms with Gasteiger partial charge in [-0.2, -0.15) is 0 Å². The summed E-state index contributed by atoms with van der Waals surface area (Å²) in [6.45, 7) is 7.23. The standard InChI is InChI=1S/C18H25BrN2O5/c1-10-7-13(19)11(8-12(10)17(24)25)9-21-14(16(20)23)5-6-15(22)26-18(2,3)4/h7-8,14,21H,5-6,9H2,1-4H3,(H2,20,23)(H,24,25). The first-order chi connectivity index (χ1) is 11.9. The van der Waals surface area contributed by atoms with Crippen LogP contribution in [0.5, 0.6) is 0 Å². The number of carbonyl (C=O) groups excluding carboxylic acids is 2. The Bertz CT molecular complexity index is 698. The average Bonchev–Trinajstić information content (AvgIpc) is 2.46. The van der Waals surface area contributed by atoms with Gasteiger partial charge < -0.3 is 20.9 Å². The summed E-state index contributed by atoms with van der Waals surface area (Å²) < 4.78 is 5.94. The summed E-state index contributed by atoms with van der Waals surface area (Å²) >= 11 is 3.39. The lowest BCUT2D eigenvalue weighted by atomic mass is 10.0. The summed E-state index contributed by atoms with van der Waals surface area (Å²) in [5.41, 5.74) is 6.30. The molecule has 0 aliphatic heterocycles. The van der Waals surface area contributed by atoms with Gasteiger partial charge in [0.15, 0.2) is 0 Å². The second kappa shape index (κ2) is 9.14. The van der Waals surface area contributed by atoms with Crippen molar-refractivity contribution in [2.45, 2.75) is 58.7 Å². The third kappa shape index (κ3) is 7.13. The largest absolute Gasteiger partial charge is 0.478 e. The Hall–Kier alpha value is -1.93. The van der Waals surface area contributed by atoms with Crippen molar-refractivity contribution in [1.82, 2.24) is 5.32 Å². The molecule has 1 unspecified atom stereocenters. The van der Waals surface area contributed by atoms with Gasteiger partial charge in [-0.25, -0.2) is 4.79 Å². The van der Waals surface area contributed by atoms with Crippen molar-refractivity contribution in [3.05, 3.63) is 33.3 Å². The zero-order chi connectivity index (χ0) is 20.1. The fourth-order valence-corrected chi connectivity index (χ4v) is 2.91. The lowest BCUT2D eigenvalue weighted by Crippen LogP contribution is -2.41. The molecule has 0 radical (unpaired) electrons. The van der Waals surface area contributed by atoms with E-state index in [1.54, 1.807) is 39.8 Å². The Labute approximate surface area is 161 Å². The molecule has 0 saturated heterocycles. The lowest BCUT2D eigenvalue weighted by Gasteiger charge is -2.21. The second-order valence-electron chi connectivity index (χ2n) is 7.02. The molecule has 0 bridgehead atoms. The van der Waals surface area contributed by atoms with Gasteiger partial charge in [0, 0.05) is 17.4 Å². The lowest BCUT2D eigenvalue weighted by molar-refractivity contribution is -0.155. The maximum Gasteiger partial charge on any atom is 0.335 e. The van der Waals surface area contributed by atoms with E-state index in [0.29, 0.717) is 11.1 Å². The molecular weight excluding hydrogens is 404 g/mol. The van der Waals surface area contributed by atoms with E-state index < -0.39 is 29.5 Å². The van der Waals surface area contributed by atoms with Crippen LogP contribution < -0.4 is 11.1 Å². The number of esters is 1. The summed E-state index contributed by atoms with van der Waals surface area (Å²) in [6.07, 6.45) is 0.243.